The van der Waals surface area contributed by atoms with Crippen LogP contribution < -0.4 is 0 Å². The third-order valence-electron chi connectivity index (χ3n) is 5.48. The molecule has 2 aromatic carbocycles. The Morgan fingerprint density at radius 3 is 1.69 bits per heavy atom. The van der Waals surface area contributed by atoms with Gasteiger partial charge in [-0.3, -0.25) is 0 Å². The van der Waals surface area contributed by atoms with E-state index >= 15 is 0 Å². The predicted octanol–water partition coefficient (Wildman–Crippen LogP) is 4.96. The molecule has 4 aromatic rings. The van der Waals surface area contributed by atoms with Gasteiger partial charge in [0.25, 0.3) is 0 Å². The standard InChI is InChI=1S/C23H26N2O/c1-16(26)12-13-17(20-14-24(2)22-10-6-4-8-18(20)22)21-15-25(3)23-11-7-5-9-19(21)23/h4-11,14-17,26H,12-13H2,1-3H3. The summed E-state index contributed by atoms with van der Waals surface area (Å²) in [5, 5.41) is 12.5. The van der Waals surface area contributed by atoms with E-state index < -0.39 is 0 Å². The molecule has 0 bridgehead atoms. The Morgan fingerprint density at radius 2 is 1.23 bits per heavy atom. The zero-order valence-corrected chi connectivity index (χ0v) is 15.7. The second-order valence-corrected chi connectivity index (χ2v) is 7.40. The molecule has 3 heteroatoms. The number of benzene rings is 2. The maximum absolute atomic E-state index is 9.92. The first-order valence-corrected chi connectivity index (χ1v) is 9.32. The molecule has 2 heterocycles. The highest BCUT2D eigenvalue weighted by atomic mass is 16.3. The smallest absolute Gasteiger partial charge is 0.0512 e. The van der Waals surface area contributed by atoms with Gasteiger partial charge in [0.15, 0.2) is 0 Å². The van der Waals surface area contributed by atoms with Crippen LogP contribution in [-0.2, 0) is 14.1 Å². The van der Waals surface area contributed by atoms with Crippen molar-refractivity contribution in [3.8, 4) is 0 Å². The molecule has 0 saturated heterocycles. The largest absolute Gasteiger partial charge is 0.393 e. The molecule has 1 N–H and O–H groups in total. The van der Waals surface area contributed by atoms with E-state index in [4.69, 9.17) is 0 Å². The van der Waals surface area contributed by atoms with Crippen molar-refractivity contribution < 1.29 is 5.11 Å². The number of hydrogen-bond acceptors (Lipinski definition) is 1. The molecule has 0 spiro atoms. The van der Waals surface area contributed by atoms with Crippen molar-refractivity contribution in [2.24, 2.45) is 14.1 Å². The highest BCUT2D eigenvalue weighted by Gasteiger charge is 2.23. The van der Waals surface area contributed by atoms with Gasteiger partial charge in [-0.2, -0.15) is 0 Å². The lowest BCUT2D eigenvalue weighted by molar-refractivity contribution is 0.180. The van der Waals surface area contributed by atoms with Crippen LogP contribution in [0.3, 0.4) is 0 Å². The third-order valence-corrected chi connectivity index (χ3v) is 5.48. The Morgan fingerprint density at radius 1 is 0.769 bits per heavy atom. The Labute approximate surface area is 154 Å². The summed E-state index contributed by atoms with van der Waals surface area (Å²) in [5.74, 6) is 0.266. The van der Waals surface area contributed by atoms with Gasteiger partial charge >= 0.3 is 0 Å². The van der Waals surface area contributed by atoms with E-state index in [2.05, 4.69) is 84.2 Å². The molecule has 3 nitrogen and oxygen atoms in total. The van der Waals surface area contributed by atoms with Crippen molar-refractivity contribution in [3.05, 3.63) is 72.1 Å². The minimum atomic E-state index is -0.289. The van der Waals surface area contributed by atoms with E-state index in [0.29, 0.717) is 0 Å². The van der Waals surface area contributed by atoms with Crippen LogP contribution >= 0.6 is 0 Å². The first-order chi connectivity index (χ1) is 12.6. The summed E-state index contributed by atoms with van der Waals surface area (Å²) in [4.78, 5) is 0. The molecule has 0 fully saturated rings. The molecule has 0 saturated carbocycles. The van der Waals surface area contributed by atoms with Crippen LogP contribution in [0.4, 0.5) is 0 Å². The van der Waals surface area contributed by atoms with Crippen LogP contribution in [-0.4, -0.2) is 20.3 Å². The van der Waals surface area contributed by atoms with Gasteiger partial charge in [0.2, 0.25) is 0 Å². The highest BCUT2D eigenvalue weighted by Crippen LogP contribution is 2.39. The fraction of sp³-hybridized carbons (Fsp3) is 0.304. The number of nitrogens with zero attached hydrogens (tertiary/aromatic N) is 2. The summed E-state index contributed by atoms with van der Waals surface area (Å²) in [5.41, 5.74) is 5.20. The van der Waals surface area contributed by atoms with Crippen LogP contribution in [0.15, 0.2) is 60.9 Å². The number of aliphatic hydroxyl groups excluding tert-OH is 1. The van der Waals surface area contributed by atoms with Crippen LogP contribution in [0.25, 0.3) is 21.8 Å². The molecular weight excluding hydrogens is 320 g/mol. The van der Waals surface area contributed by atoms with E-state index in [0.717, 1.165) is 12.8 Å². The highest BCUT2D eigenvalue weighted by molar-refractivity contribution is 5.88. The first kappa shape index (κ1) is 16.9. The maximum atomic E-state index is 9.92. The second kappa shape index (κ2) is 6.65. The number of para-hydroxylation sites is 2. The van der Waals surface area contributed by atoms with Gasteiger partial charge in [-0.25, -0.2) is 0 Å². The van der Waals surface area contributed by atoms with Crippen molar-refractivity contribution in [2.75, 3.05) is 0 Å². The van der Waals surface area contributed by atoms with Crippen molar-refractivity contribution in [1.29, 1.82) is 0 Å². The molecule has 0 radical (unpaired) electrons. The van der Waals surface area contributed by atoms with Crippen LogP contribution in [0.2, 0.25) is 0 Å². The molecule has 134 valence electrons. The van der Waals surface area contributed by atoms with Gasteiger partial charge < -0.3 is 14.2 Å². The lowest BCUT2D eigenvalue weighted by atomic mass is 9.86. The molecule has 0 aliphatic carbocycles. The average Bonchev–Trinajstić information content (AvgIpc) is 3.14. The molecule has 1 unspecified atom stereocenters. The van der Waals surface area contributed by atoms with Gasteiger partial charge in [0.05, 0.1) is 6.10 Å². The number of rotatable bonds is 5. The van der Waals surface area contributed by atoms with E-state index in [1.807, 2.05) is 6.92 Å². The number of aryl methyl sites for hydroxylation is 2. The Balaban J connectivity index is 1.92. The van der Waals surface area contributed by atoms with Gasteiger partial charge in [-0.05, 0) is 43.0 Å². The zero-order chi connectivity index (χ0) is 18.3. The maximum Gasteiger partial charge on any atom is 0.0512 e. The zero-order valence-electron chi connectivity index (χ0n) is 15.7. The lowest BCUT2D eigenvalue weighted by Crippen LogP contribution is -2.06. The molecule has 2 aromatic heterocycles. The normalized spacial score (nSPS) is 13.1. The fourth-order valence-electron chi connectivity index (χ4n) is 4.19. The van der Waals surface area contributed by atoms with Crippen molar-refractivity contribution in [3.63, 3.8) is 0 Å². The van der Waals surface area contributed by atoms with Crippen LogP contribution in [0, 0.1) is 0 Å². The SMILES string of the molecule is CC(O)CCC(c1cn(C)c2ccccc12)c1cn(C)c2ccccc12. The Bertz CT molecular complexity index is 975. The van der Waals surface area contributed by atoms with E-state index in [1.165, 1.54) is 32.9 Å². The number of aromatic nitrogens is 2. The average molecular weight is 346 g/mol. The number of hydrogen-bond donors (Lipinski definition) is 1. The summed E-state index contributed by atoms with van der Waals surface area (Å²) in [6.45, 7) is 1.88. The van der Waals surface area contributed by atoms with Gasteiger partial charge in [0.1, 0.15) is 0 Å². The molecule has 0 aliphatic rings. The number of fused-ring (bicyclic) bond motifs is 2. The predicted molar refractivity (Wildman–Crippen MR) is 109 cm³/mol. The molecule has 1 atom stereocenters. The topological polar surface area (TPSA) is 30.1 Å². The fourth-order valence-corrected chi connectivity index (χ4v) is 4.19. The van der Waals surface area contributed by atoms with Gasteiger partial charge in [0, 0.05) is 54.2 Å². The Kier molecular flexibility index (Phi) is 4.33. The third kappa shape index (κ3) is 2.82. The second-order valence-electron chi connectivity index (χ2n) is 7.40. The van der Waals surface area contributed by atoms with E-state index in [1.54, 1.807) is 0 Å². The van der Waals surface area contributed by atoms with Crippen molar-refractivity contribution in [2.45, 2.75) is 31.8 Å². The molecule has 4 rings (SSSR count). The summed E-state index contributed by atoms with van der Waals surface area (Å²) in [7, 11) is 4.22. The lowest BCUT2D eigenvalue weighted by Gasteiger charge is -2.17. The van der Waals surface area contributed by atoms with Crippen molar-refractivity contribution in [1.82, 2.24) is 9.13 Å². The minimum absolute atomic E-state index is 0.266. The molecular formula is C23H26N2O. The first-order valence-electron chi connectivity index (χ1n) is 9.32. The summed E-state index contributed by atoms with van der Waals surface area (Å²) >= 11 is 0. The minimum Gasteiger partial charge on any atom is -0.393 e. The van der Waals surface area contributed by atoms with Gasteiger partial charge in [-0.15, -0.1) is 0 Å². The van der Waals surface area contributed by atoms with E-state index in [-0.39, 0.29) is 12.0 Å². The summed E-state index contributed by atoms with van der Waals surface area (Å²) < 4.78 is 4.43. The monoisotopic (exact) mass is 346 g/mol. The van der Waals surface area contributed by atoms with Gasteiger partial charge in [-0.1, -0.05) is 36.4 Å². The summed E-state index contributed by atoms with van der Waals surface area (Å²) in [6.07, 6.45) is 5.96. The van der Waals surface area contributed by atoms with Crippen LogP contribution in [0.5, 0.6) is 0 Å². The van der Waals surface area contributed by atoms with Crippen LogP contribution in [0.1, 0.15) is 36.8 Å². The Hall–Kier alpha value is -2.52. The molecule has 26 heavy (non-hydrogen) atoms. The van der Waals surface area contributed by atoms with Crippen molar-refractivity contribution >= 4 is 21.8 Å². The molecule has 0 aliphatic heterocycles. The number of aliphatic hydroxyl groups is 1. The summed E-state index contributed by atoms with van der Waals surface area (Å²) in [6, 6.07) is 17.2. The quantitative estimate of drug-likeness (QED) is 0.544. The molecule has 0 amide bonds. The van der Waals surface area contributed by atoms with E-state index in [9.17, 15) is 5.11 Å².